The Balaban J connectivity index is 0.000000258. The topological polar surface area (TPSA) is 258 Å². The van der Waals surface area contributed by atoms with E-state index in [1.807, 2.05) is 39.8 Å². The summed E-state index contributed by atoms with van der Waals surface area (Å²) < 4.78 is 82.5. The van der Waals surface area contributed by atoms with Crippen molar-refractivity contribution in [2.24, 2.45) is 10.8 Å². The normalized spacial score (nSPS) is 29.9. The molecule has 16 nitrogen and oxygen atoms in total. The molecule has 4 aliphatic rings. The summed E-state index contributed by atoms with van der Waals surface area (Å²) in [6.45, 7) is 17.3. The lowest BCUT2D eigenvalue weighted by molar-refractivity contribution is -0.200. The molecule has 0 bridgehead atoms. The highest BCUT2D eigenvalue weighted by Crippen LogP contribution is 2.47. The van der Waals surface area contributed by atoms with Gasteiger partial charge in [0.15, 0.2) is 22.9 Å². The molecule has 2 aliphatic heterocycles. The van der Waals surface area contributed by atoms with Gasteiger partial charge in [0, 0.05) is 44.3 Å². The van der Waals surface area contributed by atoms with Crippen LogP contribution in [0.3, 0.4) is 0 Å². The lowest BCUT2D eigenvalue weighted by Crippen LogP contribution is -2.51. The molecule has 4 N–H and O–H groups in total. The second kappa shape index (κ2) is 21.1. The molecule has 4 aromatic rings. The number of aliphatic carboxylic acids is 2. The van der Waals surface area contributed by atoms with Crippen molar-refractivity contribution in [3.8, 4) is 12.1 Å². The lowest BCUT2D eigenvalue weighted by Gasteiger charge is -2.44. The van der Waals surface area contributed by atoms with Crippen LogP contribution in [0.25, 0.3) is 11.1 Å². The number of hydrogen-bond acceptors (Lipinski definition) is 12. The summed E-state index contributed by atoms with van der Waals surface area (Å²) in [4.78, 5) is 73.3. The molecule has 0 spiro atoms. The average molecular weight is 1010 g/mol. The summed E-state index contributed by atoms with van der Waals surface area (Å²) in [5, 5.41) is 37.9. The standard InChI is InChI=1S/2C28H34N4O4.CH4/c2*1-26(2)10-8-17(9-11-26)23-18(12-22(33)24-30-16-20(15-29)31-24)6-7-21(32-23)19-13-27(3,4)36-28(5,14-19)25(34)35;/h2*6-8,16,19H,9-14H2,1-5H3,(H,30,31)(H,34,35);1H4/i8D,9D2,11D;8D,9D2,10D;. The Kier molecular flexibility index (Phi) is 13.0. The fraction of sp³-hybridized carbons (Fsp3) is 0.544. The second-order valence-electron chi connectivity index (χ2n) is 22.2. The van der Waals surface area contributed by atoms with Crippen LogP contribution in [-0.4, -0.2) is 86.0 Å². The number of carboxylic acid groups (broad SMARTS) is 2. The number of nitrogens with one attached hydrogen (secondary N) is 2. The van der Waals surface area contributed by atoms with E-state index >= 15 is 0 Å². The first-order valence-electron chi connectivity index (χ1n) is 28.0. The smallest absolute Gasteiger partial charge is 0.335 e. The number of nitriles is 2. The van der Waals surface area contributed by atoms with Gasteiger partial charge in [0.1, 0.15) is 23.5 Å². The van der Waals surface area contributed by atoms with E-state index in [1.54, 1.807) is 52.0 Å². The Bertz CT molecular complexity index is 3310. The van der Waals surface area contributed by atoms with Crippen molar-refractivity contribution >= 4 is 34.7 Å². The van der Waals surface area contributed by atoms with Gasteiger partial charge in [0.2, 0.25) is 11.6 Å². The highest BCUT2D eigenvalue weighted by atomic mass is 16.6. The number of rotatable bonds is 12. The van der Waals surface area contributed by atoms with Crippen molar-refractivity contribution in [2.75, 3.05) is 0 Å². The molecular weight excluding hydrogens is 925 g/mol. The monoisotopic (exact) mass is 1000 g/mol. The summed E-state index contributed by atoms with van der Waals surface area (Å²) in [6.07, 6.45) is -3.11. The molecule has 6 unspecified atom stereocenters. The average Bonchev–Trinajstić information content (AvgIpc) is 4.20. The van der Waals surface area contributed by atoms with Crippen molar-refractivity contribution in [2.45, 2.75) is 188 Å². The Morgan fingerprint density at radius 2 is 1.12 bits per heavy atom. The van der Waals surface area contributed by atoms with Gasteiger partial charge in [-0.25, -0.2) is 19.6 Å². The number of pyridine rings is 2. The first-order chi connectivity index (χ1) is 36.8. The van der Waals surface area contributed by atoms with Crippen LogP contribution in [0.4, 0.5) is 0 Å². The zero-order chi connectivity index (χ0) is 59.7. The highest BCUT2D eigenvalue weighted by molar-refractivity contribution is 5.95. The zero-order valence-corrected chi connectivity index (χ0v) is 42.5. The van der Waals surface area contributed by atoms with Gasteiger partial charge in [-0.15, -0.1) is 0 Å². The number of carbonyl (C=O) groups is 4. The number of ketones is 2. The highest BCUT2D eigenvalue weighted by Gasteiger charge is 2.49. The minimum absolute atomic E-state index is 0. The number of H-pyrrole nitrogens is 2. The maximum absolute atomic E-state index is 13.1. The molecule has 2 aliphatic carbocycles. The van der Waals surface area contributed by atoms with Crippen LogP contribution in [0.1, 0.15) is 230 Å². The van der Waals surface area contributed by atoms with Gasteiger partial charge < -0.3 is 29.7 Å². The van der Waals surface area contributed by atoms with E-state index in [9.17, 15) is 29.4 Å². The van der Waals surface area contributed by atoms with Crippen molar-refractivity contribution < 1.29 is 49.8 Å². The Labute approximate surface area is 440 Å². The number of allylic oxidation sites excluding steroid dienone is 4. The molecule has 4 aromatic heterocycles. The van der Waals surface area contributed by atoms with Gasteiger partial charge >= 0.3 is 11.9 Å². The van der Waals surface area contributed by atoms with Gasteiger partial charge in [0.25, 0.3) is 0 Å². The predicted molar refractivity (Wildman–Crippen MR) is 275 cm³/mol. The maximum Gasteiger partial charge on any atom is 0.335 e. The third-order valence-electron chi connectivity index (χ3n) is 13.2. The van der Waals surface area contributed by atoms with Crippen LogP contribution in [0.5, 0.6) is 0 Å². The number of carbonyl (C=O) groups excluding carboxylic acids is 2. The number of ether oxygens (including phenoxy) is 2. The minimum atomic E-state index is -2.24. The summed E-state index contributed by atoms with van der Waals surface area (Å²) in [5.74, 6) is -3.86. The SMILES string of the molecule is C.[2H]C1=C(c2nc(C3CC(C)(C)OC(C)(C(=O)O)C3)ccc2CC(=O)c2ncc(C#N)[nH]2)C([2H])([2H])C([2H])C(C)(C)C1.[2H]C1=C(c2nc(C3CC(C)(C)OC(C)(C(=O)O)C3)ccc2CC(=O)c2ncc(C#N)[nH]2)C([2H])([2H])CC(C)(C)C1[2H]. The zero-order valence-electron chi connectivity index (χ0n) is 50.5. The molecule has 0 aromatic carbocycles. The van der Waals surface area contributed by atoms with Gasteiger partial charge in [-0.1, -0.05) is 59.4 Å². The van der Waals surface area contributed by atoms with Crippen molar-refractivity contribution in [1.29, 1.82) is 10.5 Å². The summed E-state index contributed by atoms with van der Waals surface area (Å²) >= 11 is 0. The van der Waals surface area contributed by atoms with Gasteiger partial charge in [-0.3, -0.25) is 19.6 Å². The molecular formula is C57H72N8O8. The lowest BCUT2D eigenvalue weighted by atomic mass is 9.76. The molecule has 6 heterocycles. The van der Waals surface area contributed by atoms with Gasteiger partial charge in [0.05, 0.1) is 37.7 Å². The van der Waals surface area contributed by atoms with Crippen LogP contribution >= 0.6 is 0 Å². The van der Waals surface area contributed by atoms with Crippen LogP contribution in [0, 0.1) is 33.5 Å². The van der Waals surface area contributed by atoms with Crippen LogP contribution < -0.4 is 0 Å². The van der Waals surface area contributed by atoms with Crippen molar-refractivity contribution in [3.05, 3.63) is 106 Å². The van der Waals surface area contributed by atoms with Crippen molar-refractivity contribution in [3.63, 3.8) is 0 Å². The first kappa shape index (κ1) is 45.0. The Hall–Kier alpha value is -6.62. The molecule has 6 atom stereocenters. The van der Waals surface area contributed by atoms with Crippen LogP contribution in [-0.2, 0) is 31.9 Å². The summed E-state index contributed by atoms with van der Waals surface area (Å²) in [6, 6.07) is 10.3. The molecule has 0 radical (unpaired) electrons. The third kappa shape index (κ3) is 13.1. The molecule has 0 saturated carbocycles. The van der Waals surface area contributed by atoms with E-state index in [4.69, 9.17) is 40.9 Å². The summed E-state index contributed by atoms with van der Waals surface area (Å²) in [7, 11) is 0. The van der Waals surface area contributed by atoms with E-state index in [1.165, 1.54) is 26.2 Å². The number of imidazole rings is 2. The molecule has 2 saturated heterocycles. The fourth-order valence-corrected chi connectivity index (χ4v) is 9.75. The minimum Gasteiger partial charge on any atom is -0.479 e. The number of aromatic nitrogens is 6. The number of nitrogens with zero attached hydrogens (tertiary/aromatic N) is 6. The fourth-order valence-electron chi connectivity index (χ4n) is 9.75. The Morgan fingerprint density at radius 3 is 1.53 bits per heavy atom. The Morgan fingerprint density at radius 1 is 0.685 bits per heavy atom. The van der Waals surface area contributed by atoms with E-state index < -0.39 is 82.3 Å². The van der Waals surface area contributed by atoms with E-state index in [2.05, 4.69) is 19.9 Å². The van der Waals surface area contributed by atoms with Crippen LogP contribution in [0.2, 0.25) is 0 Å². The van der Waals surface area contributed by atoms with Gasteiger partial charge in [-0.05, 0) is 151 Å². The maximum atomic E-state index is 13.1. The van der Waals surface area contributed by atoms with Crippen LogP contribution in [0.15, 0.2) is 48.8 Å². The molecule has 16 heteroatoms. The van der Waals surface area contributed by atoms with Crippen molar-refractivity contribution in [1.82, 2.24) is 29.9 Å². The largest absolute Gasteiger partial charge is 0.479 e. The van der Waals surface area contributed by atoms with E-state index in [0.29, 0.717) is 35.4 Å². The number of hydrogen-bond donors (Lipinski definition) is 4. The number of Topliss-reactive ketones (excluding diaryl/α,β-unsaturated/α-hetero) is 2. The quantitative estimate of drug-likeness (QED) is 0.0963. The molecule has 0 amide bonds. The predicted octanol–water partition coefficient (Wildman–Crippen LogP) is 11.1. The first-order valence-corrected chi connectivity index (χ1v) is 23.9. The number of aromatic amines is 2. The molecule has 8 rings (SSSR count). The third-order valence-corrected chi connectivity index (χ3v) is 13.2. The van der Waals surface area contributed by atoms with Gasteiger partial charge in [-0.2, -0.15) is 10.5 Å². The number of carboxylic acids is 2. The van der Waals surface area contributed by atoms with E-state index in [0.717, 1.165) is 0 Å². The van der Waals surface area contributed by atoms with E-state index in [-0.39, 0.29) is 115 Å². The molecule has 388 valence electrons. The second-order valence-corrected chi connectivity index (χ2v) is 22.2. The molecule has 73 heavy (non-hydrogen) atoms. The summed E-state index contributed by atoms with van der Waals surface area (Å²) in [5.41, 5.74) is -3.97. The molecule has 2 fully saturated rings.